The molecule has 3 rings (SSSR count). The van der Waals surface area contributed by atoms with E-state index in [1.54, 1.807) is 6.07 Å². The highest BCUT2D eigenvalue weighted by atomic mass is 35.5. The number of halogens is 1. The molecule has 0 radical (unpaired) electrons. The molecule has 1 saturated heterocycles. The van der Waals surface area contributed by atoms with Crippen LogP contribution in [0.15, 0.2) is 12.1 Å². The van der Waals surface area contributed by atoms with Crippen LogP contribution in [-0.4, -0.2) is 28.7 Å². The minimum Gasteiger partial charge on any atom is -0.322 e. The van der Waals surface area contributed by atoms with Crippen molar-refractivity contribution in [3.05, 3.63) is 33.8 Å². The molecule has 0 bridgehead atoms. The molecule has 7 heteroatoms. The zero-order valence-corrected chi connectivity index (χ0v) is 11.6. The molecular formula is C14H10ClN3O3. The fourth-order valence-corrected chi connectivity index (χ4v) is 2.96. The van der Waals surface area contributed by atoms with E-state index in [1.807, 2.05) is 6.07 Å². The van der Waals surface area contributed by atoms with Crippen molar-refractivity contribution in [2.24, 2.45) is 0 Å². The number of imide groups is 1. The molecule has 2 heterocycles. The Morgan fingerprint density at radius 2 is 2.10 bits per heavy atom. The van der Waals surface area contributed by atoms with Crippen LogP contribution in [0.1, 0.15) is 34.3 Å². The Morgan fingerprint density at radius 1 is 1.33 bits per heavy atom. The number of hydrogen-bond acceptors (Lipinski definition) is 4. The second-order valence-corrected chi connectivity index (χ2v) is 5.34. The summed E-state index contributed by atoms with van der Waals surface area (Å²) in [7, 11) is 0. The number of amides is 3. The Balaban J connectivity index is 1.94. The number of carbonyl (C=O) groups excluding carboxylic acids is 3. The molecule has 1 N–H and O–H groups in total. The zero-order valence-electron chi connectivity index (χ0n) is 10.9. The van der Waals surface area contributed by atoms with Gasteiger partial charge in [-0.1, -0.05) is 11.6 Å². The molecule has 2 aliphatic heterocycles. The number of carbonyl (C=O) groups is 3. The average molecular weight is 304 g/mol. The predicted octanol–water partition coefficient (Wildman–Crippen LogP) is 0.973. The van der Waals surface area contributed by atoms with Crippen LogP contribution in [0.4, 0.5) is 0 Å². The molecule has 2 aliphatic rings. The first-order chi connectivity index (χ1) is 10.0. The van der Waals surface area contributed by atoms with E-state index in [1.165, 1.54) is 11.0 Å². The summed E-state index contributed by atoms with van der Waals surface area (Å²) in [5.41, 5.74) is 1.27. The van der Waals surface area contributed by atoms with E-state index in [4.69, 9.17) is 16.9 Å². The minimum atomic E-state index is -0.677. The minimum absolute atomic E-state index is 0.175. The van der Waals surface area contributed by atoms with Crippen LogP contribution in [0.3, 0.4) is 0 Å². The lowest BCUT2D eigenvalue weighted by molar-refractivity contribution is -0.136. The lowest BCUT2D eigenvalue weighted by atomic mass is 10.0. The van der Waals surface area contributed by atoms with Crippen LogP contribution < -0.4 is 5.32 Å². The molecule has 1 aromatic carbocycles. The van der Waals surface area contributed by atoms with Gasteiger partial charge in [0.1, 0.15) is 12.1 Å². The van der Waals surface area contributed by atoms with Crippen LogP contribution in [0.25, 0.3) is 0 Å². The average Bonchev–Trinajstić information content (AvgIpc) is 2.78. The molecule has 1 fully saturated rings. The lowest BCUT2D eigenvalue weighted by Gasteiger charge is -2.29. The third kappa shape index (κ3) is 2.06. The summed E-state index contributed by atoms with van der Waals surface area (Å²) in [4.78, 5) is 36.9. The first kappa shape index (κ1) is 13.6. The van der Waals surface area contributed by atoms with Crippen LogP contribution in [-0.2, 0) is 16.1 Å². The van der Waals surface area contributed by atoms with Crippen LogP contribution in [0.2, 0.25) is 5.02 Å². The number of nitrogens with one attached hydrogen (secondary N) is 1. The number of rotatable bonds is 1. The topological polar surface area (TPSA) is 90.3 Å². The zero-order chi connectivity index (χ0) is 15.1. The maximum absolute atomic E-state index is 12.4. The van der Waals surface area contributed by atoms with Gasteiger partial charge in [-0.3, -0.25) is 19.7 Å². The normalized spacial score (nSPS) is 21.0. The van der Waals surface area contributed by atoms with Gasteiger partial charge in [-0.25, -0.2) is 0 Å². The third-order valence-electron chi connectivity index (χ3n) is 3.77. The van der Waals surface area contributed by atoms with Crippen molar-refractivity contribution in [2.45, 2.75) is 25.4 Å². The number of fused-ring (bicyclic) bond motifs is 1. The molecule has 0 spiro atoms. The Kier molecular flexibility index (Phi) is 3.15. The summed E-state index contributed by atoms with van der Waals surface area (Å²) in [5, 5.41) is 11.4. The molecule has 1 atom stereocenters. The van der Waals surface area contributed by atoms with Crippen molar-refractivity contribution in [3.8, 4) is 6.07 Å². The largest absolute Gasteiger partial charge is 0.322 e. The van der Waals surface area contributed by atoms with E-state index in [0.29, 0.717) is 23.1 Å². The maximum atomic E-state index is 12.4. The fourth-order valence-electron chi connectivity index (χ4n) is 2.69. The summed E-state index contributed by atoms with van der Waals surface area (Å²) in [6.45, 7) is 0.175. The van der Waals surface area contributed by atoms with Gasteiger partial charge >= 0.3 is 0 Å². The molecule has 1 unspecified atom stereocenters. The molecule has 0 saturated carbocycles. The highest BCUT2D eigenvalue weighted by molar-refractivity contribution is 6.33. The van der Waals surface area contributed by atoms with E-state index in [2.05, 4.69) is 5.32 Å². The number of hydrogen-bond donors (Lipinski definition) is 1. The van der Waals surface area contributed by atoms with Gasteiger partial charge in [0.2, 0.25) is 11.8 Å². The molecular weight excluding hydrogens is 294 g/mol. The van der Waals surface area contributed by atoms with E-state index in [0.717, 1.165) is 0 Å². The lowest BCUT2D eigenvalue weighted by Crippen LogP contribution is -2.52. The van der Waals surface area contributed by atoms with Gasteiger partial charge in [0.25, 0.3) is 5.91 Å². The van der Waals surface area contributed by atoms with Gasteiger partial charge in [0.05, 0.1) is 10.6 Å². The van der Waals surface area contributed by atoms with Gasteiger partial charge in [-0.2, -0.15) is 5.26 Å². The van der Waals surface area contributed by atoms with Gasteiger partial charge < -0.3 is 4.90 Å². The van der Waals surface area contributed by atoms with Crippen molar-refractivity contribution < 1.29 is 14.4 Å². The highest BCUT2D eigenvalue weighted by Gasteiger charge is 2.40. The molecule has 0 aromatic heterocycles. The molecule has 0 aliphatic carbocycles. The van der Waals surface area contributed by atoms with Crippen molar-refractivity contribution >= 4 is 29.3 Å². The second-order valence-electron chi connectivity index (χ2n) is 4.96. The van der Waals surface area contributed by atoms with Gasteiger partial charge in [0, 0.05) is 24.1 Å². The van der Waals surface area contributed by atoms with E-state index < -0.39 is 11.9 Å². The Bertz CT molecular complexity index is 723. The Morgan fingerprint density at radius 3 is 2.76 bits per heavy atom. The number of nitriles is 1. The van der Waals surface area contributed by atoms with Crippen molar-refractivity contribution in [3.63, 3.8) is 0 Å². The monoisotopic (exact) mass is 303 g/mol. The van der Waals surface area contributed by atoms with Crippen LogP contribution in [0, 0.1) is 11.3 Å². The van der Waals surface area contributed by atoms with Crippen molar-refractivity contribution in [1.82, 2.24) is 10.2 Å². The summed E-state index contributed by atoms with van der Waals surface area (Å²) >= 11 is 6.13. The first-order valence-electron chi connectivity index (χ1n) is 6.39. The summed E-state index contributed by atoms with van der Waals surface area (Å²) in [6, 6.07) is 4.33. The highest BCUT2D eigenvalue weighted by Crippen LogP contribution is 2.33. The Labute approximate surface area is 125 Å². The molecule has 21 heavy (non-hydrogen) atoms. The SMILES string of the molecule is N#Cc1ccc2c(c1Cl)CN(C1CCC(=O)NC1=O)C2=O. The molecule has 3 amide bonds. The van der Waals surface area contributed by atoms with Crippen LogP contribution >= 0.6 is 11.6 Å². The second kappa shape index (κ2) is 4.86. The van der Waals surface area contributed by atoms with E-state index in [9.17, 15) is 14.4 Å². The molecule has 106 valence electrons. The summed E-state index contributed by atoms with van der Waals surface area (Å²) in [5.74, 6) is -1.10. The maximum Gasteiger partial charge on any atom is 0.255 e. The fraction of sp³-hybridized carbons (Fsp3) is 0.286. The van der Waals surface area contributed by atoms with Gasteiger partial charge in [0.15, 0.2) is 0 Å². The summed E-state index contributed by atoms with van der Waals surface area (Å²) < 4.78 is 0. The number of piperidine rings is 1. The van der Waals surface area contributed by atoms with Crippen molar-refractivity contribution in [1.29, 1.82) is 5.26 Å². The quantitative estimate of drug-likeness (QED) is 0.783. The molecule has 1 aromatic rings. The summed E-state index contributed by atoms with van der Waals surface area (Å²) in [6.07, 6.45) is 0.501. The van der Waals surface area contributed by atoms with E-state index in [-0.39, 0.29) is 29.8 Å². The standard InChI is InChI=1S/C14H10ClN3O3/c15-12-7(5-16)1-2-8-9(12)6-18(14(8)21)10-3-4-11(19)17-13(10)20/h1-2,10H,3-4,6H2,(H,17,19,20). The number of benzene rings is 1. The smallest absolute Gasteiger partial charge is 0.255 e. The Hall–Kier alpha value is -2.39. The van der Waals surface area contributed by atoms with Gasteiger partial charge in [-0.05, 0) is 18.6 Å². The predicted molar refractivity (Wildman–Crippen MR) is 72.2 cm³/mol. The first-order valence-corrected chi connectivity index (χ1v) is 6.77. The third-order valence-corrected chi connectivity index (χ3v) is 4.20. The van der Waals surface area contributed by atoms with Gasteiger partial charge in [-0.15, -0.1) is 0 Å². The molecule has 6 nitrogen and oxygen atoms in total. The van der Waals surface area contributed by atoms with Crippen LogP contribution in [0.5, 0.6) is 0 Å². The van der Waals surface area contributed by atoms with E-state index >= 15 is 0 Å². The number of nitrogens with zero attached hydrogens (tertiary/aromatic N) is 2. The van der Waals surface area contributed by atoms with Crippen molar-refractivity contribution in [2.75, 3.05) is 0 Å².